The van der Waals surface area contributed by atoms with Gasteiger partial charge in [0.25, 0.3) is 11.8 Å². The van der Waals surface area contributed by atoms with Crippen molar-refractivity contribution in [1.29, 1.82) is 0 Å². The van der Waals surface area contributed by atoms with Gasteiger partial charge in [-0.25, -0.2) is 0 Å². The predicted molar refractivity (Wildman–Crippen MR) is 58.8 cm³/mol. The van der Waals surface area contributed by atoms with Crippen LogP contribution in [0.5, 0.6) is 0 Å². The number of carbonyl (C=O) groups is 2. The smallest absolute Gasteiger partial charge is 0.334 e. The number of imide groups is 1. The third-order valence-corrected chi connectivity index (χ3v) is 2.97. The number of alkyl halides is 4. The molecule has 2 amide bonds. The summed E-state index contributed by atoms with van der Waals surface area (Å²) in [6, 6.07) is 5.34. The van der Waals surface area contributed by atoms with Gasteiger partial charge in [-0.05, 0) is 12.1 Å². The van der Waals surface area contributed by atoms with Crippen molar-refractivity contribution in [2.75, 3.05) is 13.2 Å². The van der Waals surface area contributed by atoms with E-state index in [1.807, 2.05) is 0 Å². The second kappa shape index (κ2) is 4.55. The molecule has 2 rings (SSSR count). The van der Waals surface area contributed by atoms with Crippen molar-refractivity contribution >= 4 is 11.8 Å². The largest absolute Gasteiger partial charge is 0.390 e. The Morgan fingerprint density at radius 2 is 1.40 bits per heavy atom. The third-order valence-electron chi connectivity index (χ3n) is 2.97. The van der Waals surface area contributed by atoms with Crippen molar-refractivity contribution in [3.05, 3.63) is 35.4 Å². The molecule has 108 valence electrons. The lowest BCUT2D eigenvalue weighted by molar-refractivity contribution is -0.226. The molecule has 1 heterocycles. The summed E-state index contributed by atoms with van der Waals surface area (Å²) in [6.45, 7) is -3.87. The van der Waals surface area contributed by atoms with Gasteiger partial charge in [0.1, 0.15) is 6.61 Å². The number of hydrogen-bond donors (Lipinski definition) is 1. The number of benzene rings is 1. The summed E-state index contributed by atoms with van der Waals surface area (Å²) in [5.41, 5.74) is -0.221. The van der Waals surface area contributed by atoms with Crippen LogP contribution in [-0.2, 0) is 0 Å². The van der Waals surface area contributed by atoms with E-state index < -0.39 is 36.8 Å². The highest BCUT2D eigenvalue weighted by Gasteiger charge is 2.58. The van der Waals surface area contributed by atoms with Crippen LogP contribution in [0, 0.1) is 0 Å². The maximum atomic E-state index is 13.4. The molecule has 0 saturated heterocycles. The summed E-state index contributed by atoms with van der Waals surface area (Å²) in [7, 11) is 0. The SMILES string of the molecule is O=C1c2ccccc2C(=O)N1CC(F)(F)C(F)(F)CO. The molecule has 1 aliphatic rings. The zero-order valence-electron chi connectivity index (χ0n) is 9.95. The van der Waals surface area contributed by atoms with Crippen LogP contribution >= 0.6 is 0 Å². The number of carbonyl (C=O) groups excluding carboxylic acids is 2. The van der Waals surface area contributed by atoms with E-state index in [4.69, 9.17) is 5.11 Å². The molecule has 0 unspecified atom stereocenters. The van der Waals surface area contributed by atoms with Gasteiger partial charge < -0.3 is 5.11 Å². The van der Waals surface area contributed by atoms with Crippen molar-refractivity contribution in [3.63, 3.8) is 0 Å². The van der Waals surface area contributed by atoms with Crippen molar-refractivity contribution in [2.45, 2.75) is 11.8 Å². The molecule has 1 N–H and O–H groups in total. The molecule has 4 nitrogen and oxygen atoms in total. The zero-order chi connectivity index (χ0) is 15.1. The minimum absolute atomic E-state index is 0.0637. The van der Waals surface area contributed by atoms with Crippen molar-refractivity contribution < 1.29 is 32.3 Å². The molecule has 1 aliphatic heterocycles. The Kier molecular flexibility index (Phi) is 3.29. The molecule has 1 aromatic rings. The summed E-state index contributed by atoms with van der Waals surface area (Å²) >= 11 is 0. The van der Waals surface area contributed by atoms with E-state index in [0.29, 0.717) is 0 Å². The molecule has 0 bridgehead atoms. The molecular formula is C12H9F4NO3. The fourth-order valence-corrected chi connectivity index (χ4v) is 1.81. The molecule has 20 heavy (non-hydrogen) atoms. The van der Waals surface area contributed by atoms with Gasteiger partial charge in [0.15, 0.2) is 0 Å². The van der Waals surface area contributed by atoms with Crippen LogP contribution in [0.3, 0.4) is 0 Å². The van der Waals surface area contributed by atoms with Crippen molar-refractivity contribution in [1.82, 2.24) is 4.90 Å². The number of aliphatic hydroxyl groups excluding tert-OH is 1. The van der Waals surface area contributed by atoms with Gasteiger partial charge in [0.2, 0.25) is 0 Å². The van der Waals surface area contributed by atoms with Crippen LogP contribution in [-0.4, -0.2) is 46.8 Å². The Balaban J connectivity index is 2.30. The van der Waals surface area contributed by atoms with Crippen LogP contribution in [0.25, 0.3) is 0 Å². The highest BCUT2D eigenvalue weighted by Crippen LogP contribution is 2.36. The Hall–Kier alpha value is -1.96. The van der Waals surface area contributed by atoms with E-state index in [2.05, 4.69) is 0 Å². The first-order valence-electron chi connectivity index (χ1n) is 5.53. The average Bonchev–Trinajstić information content (AvgIpc) is 2.64. The quantitative estimate of drug-likeness (QED) is 0.676. The van der Waals surface area contributed by atoms with Gasteiger partial charge in [0.05, 0.1) is 17.7 Å². The number of rotatable bonds is 4. The van der Waals surface area contributed by atoms with E-state index in [0.717, 1.165) is 0 Å². The number of amides is 2. The number of fused-ring (bicyclic) bond motifs is 1. The number of hydrogen-bond acceptors (Lipinski definition) is 3. The van der Waals surface area contributed by atoms with Gasteiger partial charge in [-0.2, -0.15) is 17.6 Å². The lowest BCUT2D eigenvalue weighted by atomic mass is 10.1. The predicted octanol–water partition coefficient (Wildman–Crippen LogP) is 1.55. The molecule has 0 saturated carbocycles. The Morgan fingerprint density at radius 3 is 1.80 bits per heavy atom. The minimum atomic E-state index is -4.72. The second-order valence-electron chi connectivity index (χ2n) is 4.31. The summed E-state index contributed by atoms with van der Waals surface area (Å²) < 4.78 is 52.6. The van der Waals surface area contributed by atoms with E-state index in [1.54, 1.807) is 0 Å². The molecular weight excluding hydrogens is 282 g/mol. The lowest BCUT2D eigenvalue weighted by Crippen LogP contribution is -2.52. The third kappa shape index (κ3) is 2.05. The van der Waals surface area contributed by atoms with E-state index in [9.17, 15) is 27.2 Å². The van der Waals surface area contributed by atoms with Crippen LogP contribution in [0.1, 0.15) is 20.7 Å². The molecule has 0 spiro atoms. The number of nitrogens with zero attached hydrogens (tertiary/aromatic N) is 1. The molecule has 8 heteroatoms. The topological polar surface area (TPSA) is 57.6 Å². The molecule has 0 aliphatic carbocycles. The molecule has 0 fully saturated rings. The summed E-state index contributed by atoms with van der Waals surface area (Å²) in [6.07, 6.45) is 0. The highest BCUT2D eigenvalue weighted by atomic mass is 19.3. The average molecular weight is 291 g/mol. The fraction of sp³-hybridized carbons (Fsp3) is 0.333. The molecule has 0 atom stereocenters. The summed E-state index contributed by atoms with van der Waals surface area (Å²) in [4.78, 5) is 23.6. The van der Waals surface area contributed by atoms with E-state index in [-0.39, 0.29) is 16.0 Å². The van der Waals surface area contributed by atoms with Crippen LogP contribution in [0.4, 0.5) is 17.6 Å². The summed E-state index contributed by atoms with van der Waals surface area (Å²) in [5.74, 6) is -11.5. The lowest BCUT2D eigenvalue weighted by Gasteiger charge is -2.27. The maximum absolute atomic E-state index is 13.4. The van der Waals surface area contributed by atoms with Crippen LogP contribution in [0.2, 0.25) is 0 Å². The van der Waals surface area contributed by atoms with Gasteiger partial charge in [-0.15, -0.1) is 0 Å². The summed E-state index contributed by atoms with van der Waals surface area (Å²) in [5, 5.41) is 8.29. The first kappa shape index (κ1) is 14.4. The zero-order valence-corrected chi connectivity index (χ0v) is 9.95. The van der Waals surface area contributed by atoms with Gasteiger partial charge in [-0.3, -0.25) is 14.5 Å². The van der Waals surface area contributed by atoms with Crippen LogP contribution < -0.4 is 0 Å². The highest BCUT2D eigenvalue weighted by molar-refractivity contribution is 6.21. The monoisotopic (exact) mass is 291 g/mol. The van der Waals surface area contributed by atoms with Gasteiger partial charge in [-0.1, -0.05) is 12.1 Å². The molecule has 1 aromatic carbocycles. The first-order valence-corrected chi connectivity index (χ1v) is 5.53. The number of halogens is 4. The first-order chi connectivity index (χ1) is 9.21. The fourth-order valence-electron chi connectivity index (χ4n) is 1.81. The van der Waals surface area contributed by atoms with Crippen molar-refractivity contribution in [2.24, 2.45) is 0 Å². The van der Waals surface area contributed by atoms with Crippen LogP contribution in [0.15, 0.2) is 24.3 Å². The standard InChI is InChI=1S/C12H9F4NO3/c13-11(14,12(15,16)6-18)5-17-9(19)7-3-1-2-4-8(7)10(17)20/h1-4,18H,5-6H2. The maximum Gasteiger partial charge on any atom is 0.334 e. The van der Waals surface area contributed by atoms with E-state index in [1.165, 1.54) is 24.3 Å². The Bertz CT molecular complexity index is 539. The second-order valence-corrected chi connectivity index (χ2v) is 4.31. The minimum Gasteiger partial charge on any atom is -0.390 e. The molecule has 0 radical (unpaired) electrons. The normalized spacial score (nSPS) is 15.8. The Morgan fingerprint density at radius 1 is 0.950 bits per heavy atom. The van der Waals surface area contributed by atoms with Crippen molar-refractivity contribution in [3.8, 4) is 0 Å². The van der Waals surface area contributed by atoms with Gasteiger partial charge in [0, 0.05) is 0 Å². The van der Waals surface area contributed by atoms with E-state index >= 15 is 0 Å². The van der Waals surface area contributed by atoms with Gasteiger partial charge >= 0.3 is 11.8 Å². The Labute approximate surface area is 110 Å². The molecule has 0 aromatic heterocycles. The number of aliphatic hydroxyl groups is 1.